The standard InChI is InChI=1S/C39H40N10O2.C37H39N11O2/c1-24-33-22-42-39(44-38(33)49(30-8-4-5-9-30)25(2)35(24)26(3)50)43-34-16-15-31(21-41-34)47-19-17-46(18-20-47)28-11-13-29(14-12-28)48-23-27-7-6-10-32(37(40)51)36(27)45-48;1-44(2)36(50)31-20-25-21-40-37(42-35(25)48(31)28-7-3-4-8-28)41-32-15-14-29(22-39-32)46-18-16-45(17-19-46)26-10-12-27(13-11-26)47-23-24-6-5-9-30(34(38)49)33(24)43-47/h6-7,10-16,21-23,30,50H,2,4-5,8-9,17-20H2,1,3H3,(H2,40,51);5-6,9-15,20-23,28H,3-4,7-8,16-19H2,1-2H3,(H2,38,49)(H,39,40,41,42). The van der Waals surface area contributed by atoms with Crippen LogP contribution in [-0.2, 0) is 0 Å². The average Bonchev–Trinajstić information content (AvgIpc) is 1.26. The van der Waals surface area contributed by atoms with Gasteiger partial charge in [0.25, 0.3) is 23.3 Å². The number of carbonyl (C=O) groups is 3. The van der Waals surface area contributed by atoms with Crippen LogP contribution in [0.3, 0.4) is 0 Å². The molecule has 0 atom stereocenters. The first-order chi connectivity index (χ1) is 49.1. The second kappa shape index (κ2) is 27.4. The Balaban J connectivity index is 0.000000164. The molecule has 10 heterocycles. The molecule has 25 heteroatoms. The molecule has 0 spiro atoms. The fourth-order valence-electron chi connectivity index (χ4n) is 14.8. The van der Waals surface area contributed by atoms with Crippen molar-refractivity contribution in [2.45, 2.75) is 77.3 Å². The Morgan fingerprint density at radius 1 is 0.574 bits per heavy atom. The van der Waals surface area contributed by atoms with Crippen molar-refractivity contribution in [2.24, 2.45) is 16.5 Å². The van der Waals surface area contributed by atoms with Crippen molar-refractivity contribution in [3.05, 3.63) is 191 Å². The third-order valence-corrected chi connectivity index (χ3v) is 20.1. The number of nitrogens with two attached hydrogens (primary N) is 2. The van der Waals surface area contributed by atoms with Gasteiger partial charge in [0, 0.05) is 147 Å². The van der Waals surface area contributed by atoms with E-state index in [9.17, 15) is 19.5 Å². The lowest BCUT2D eigenvalue weighted by atomic mass is 10.0. The van der Waals surface area contributed by atoms with Gasteiger partial charge in [-0.05, 0) is 136 Å². The molecule has 0 radical (unpaired) electrons. The minimum Gasteiger partial charge on any atom is -0.512 e. The first kappa shape index (κ1) is 64.9. The number of amides is 3. The smallest absolute Gasteiger partial charge is 0.270 e. The Kier molecular flexibility index (Phi) is 17.6. The third kappa shape index (κ3) is 13.0. The minimum atomic E-state index is -0.485. The topological polar surface area (TPSA) is 287 Å². The van der Waals surface area contributed by atoms with E-state index in [0.29, 0.717) is 51.1 Å². The molecule has 2 saturated carbocycles. The van der Waals surface area contributed by atoms with Gasteiger partial charge in [-0.25, -0.2) is 29.3 Å². The van der Waals surface area contributed by atoms with Gasteiger partial charge in [-0.1, -0.05) is 56.5 Å². The van der Waals surface area contributed by atoms with E-state index in [2.05, 4.69) is 107 Å². The summed E-state index contributed by atoms with van der Waals surface area (Å²) in [5.41, 5.74) is 22.9. The number of primary amides is 2. The molecule has 25 nitrogen and oxygen atoms in total. The van der Waals surface area contributed by atoms with Crippen molar-refractivity contribution in [2.75, 3.05) is 91.4 Å². The van der Waals surface area contributed by atoms with Crippen molar-refractivity contribution in [1.29, 1.82) is 0 Å². The van der Waals surface area contributed by atoms with Crippen LogP contribution in [0.25, 0.3) is 67.9 Å². The molecule has 2 saturated heterocycles. The molecular weight excluding hydrogens is 1270 g/mol. The number of aliphatic hydroxyl groups is 1. The first-order valence-electron chi connectivity index (χ1n) is 34.4. The number of aliphatic hydroxyl groups excluding tert-OH is 1. The highest BCUT2D eigenvalue weighted by Gasteiger charge is 2.29. The van der Waals surface area contributed by atoms with E-state index in [1.54, 1.807) is 59.8 Å². The predicted molar refractivity (Wildman–Crippen MR) is 393 cm³/mol. The number of nitrogens with zero attached hydrogens (tertiary/aromatic N) is 18. The highest BCUT2D eigenvalue weighted by atomic mass is 16.3. The Hall–Kier alpha value is -12.0. The van der Waals surface area contributed by atoms with Crippen LogP contribution >= 0.6 is 0 Å². The van der Waals surface area contributed by atoms with Gasteiger partial charge in [-0.2, -0.15) is 25.2 Å². The van der Waals surface area contributed by atoms with Gasteiger partial charge in [0.2, 0.25) is 5.95 Å². The fourth-order valence-corrected chi connectivity index (χ4v) is 14.8. The molecule has 512 valence electrons. The maximum atomic E-state index is 13.0. The van der Waals surface area contributed by atoms with Crippen LogP contribution in [0.2, 0.25) is 0 Å². The van der Waals surface area contributed by atoms with Gasteiger partial charge in [-0.3, -0.25) is 14.4 Å². The number of carbonyl (C=O) groups excluding carboxylic acids is 3. The second-order valence-corrected chi connectivity index (χ2v) is 26.6. The number of hydrogen-bond acceptors (Lipinski definition) is 18. The van der Waals surface area contributed by atoms with Crippen LogP contribution in [0.1, 0.15) is 107 Å². The zero-order chi connectivity index (χ0) is 69.6. The number of pyridine rings is 3. The number of aromatic nitrogens is 12. The molecular formula is C76H79N21O4. The summed E-state index contributed by atoms with van der Waals surface area (Å²) < 4.78 is 7.87. The summed E-state index contributed by atoms with van der Waals surface area (Å²) in [5.74, 6) is 1.71. The van der Waals surface area contributed by atoms with Crippen LogP contribution in [0.15, 0.2) is 157 Å². The molecule has 16 rings (SSSR count). The van der Waals surface area contributed by atoms with Gasteiger partial charge < -0.3 is 55.5 Å². The van der Waals surface area contributed by atoms with Gasteiger partial charge in [0.05, 0.1) is 52.0 Å². The summed E-state index contributed by atoms with van der Waals surface area (Å²) in [6.07, 6.45) is 20.0. The molecule has 101 heavy (non-hydrogen) atoms. The van der Waals surface area contributed by atoms with Gasteiger partial charge in [0.15, 0.2) is 5.82 Å². The lowest BCUT2D eigenvalue weighted by Crippen LogP contribution is -2.46. The highest BCUT2D eigenvalue weighted by molar-refractivity contribution is 6.05. The van der Waals surface area contributed by atoms with E-state index >= 15 is 0 Å². The summed E-state index contributed by atoms with van der Waals surface area (Å²) in [5, 5.41) is 27.2. The second-order valence-electron chi connectivity index (χ2n) is 26.6. The number of nitrogens with one attached hydrogen (secondary N) is 1. The molecule has 4 aliphatic heterocycles. The number of hydrogen-bond donors (Lipinski definition) is 4. The number of piperazine rings is 2. The van der Waals surface area contributed by atoms with Crippen LogP contribution in [0, 0.1) is 6.92 Å². The summed E-state index contributed by atoms with van der Waals surface area (Å²) in [4.78, 5) is 80.7. The lowest BCUT2D eigenvalue weighted by Gasteiger charge is -2.37. The van der Waals surface area contributed by atoms with E-state index in [1.807, 2.05) is 98.4 Å². The quantitative estimate of drug-likeness (QED) is 0.0788. The molecule has 0 unspecified atom stereocenters. The normalized spacial score (nSPS) is 15.8. The molecule has 4 fully saturated rings. The van der Waals surface area contributed by atoms with Gasteiger partial charge >= 0.3 is 0 Å². The Morgan fingerprint density at radius 3 is 1.55 bits per heavy atom. The Labute approximate surface area is 582 Å². The molecule has 10 aromatic rings. The van der Waals surface area contributed by atoms with E-state index < -0.39 is 11.8 Å². The van der Waals surface area contributed by atoms with E-state index in [1.165, 1.54) is 0 Å². The summed E-state index contributed by atoms with van der Waals surface area (Å²) in [7, 11) is 3.56. The number of rotatable bonds is 14. The summed E-state index contributed by atoms with van der Waals surface area (Å²) >= 11 is 0. The van der Waals surface area contributed by atoms with Crippen LogP contribution in [0.5, 0.6) is 0 Å². The molecule has 0 bridgehead atoms. The van der Waals surface area contributed by atoms with Crippen LogP contribution < -0.4 is 52.6 Å². The SMILES string of the molecule is C=c1c(=C(C)O)c(C)c2cnc(=Nc3ccc(N4CCN(c5ccc(-n6cc7cccc(C(N)=O)c7n6)cc5)CC4)cn3)nc-2n1C1CCCC1.CN(C)C(=O)c1cc2cnc(Nc3ccc(N4CCN(c5ccc(-n6cc7cccc(C(N)=O)c7n6)cc5)CC4)cn3)nc2n1C1CCCC1. The van der Waals surface area contributed by atoms with Crippen molar-refractivity contribution >= 4 is 103 Å². The van der Waals surface area contributed by atoms with Crippen molar-refractivity contribution in [1.82, 2.24) is 63.5 Å². The third-order valence-electron chi connectivity index (χ3n) is 20.1. The molecule has 4 aromatic carbocycles. The zero-order valence-electron chi connectivity index (χ0n) is 57.0. The molecule has 3 amide bonds. The maximum Gasteiger partial charge on any atom is 0.270 e. The van der Waals surface area contributed by atoms with Crippen molar-refractivity contribution < 1.29 is 19.5 Å². The largest absolute Gasteiger partial charge is 0.512 e. The fraction of sp³-hybridized carbons (Fsp3) is 0.289. The molecule has 6 N–H and O–H groups in total. The molecule has 6 aromatic heterocycles. The van der Waals surface area contributed by atoms with E-state index in [4.69, 9.17) is 26.4 Å². The van der Waals surface area contributed by atoms with Gasteiger partial charge in [-0.15, -0.1) is 0 Å². The highest BCUT2D eigenvalue weighted by Crippen LogP contribution is 2.36. The summed E-state index contributed by atoms with van der Waals surface area (Å²) in [6, 6.07) is 37.9. The first-order valence-corrected chi connectivity index (χ1v) is 34.4. The van der Waals surface area contributed by atoms with Crippen molar-refractivity contribution in [3.63, 3.8) is 0 Å². The van der Waals surface area contributed by atoms with Crippen molar-refractivity contribution in [3.8, 4) is 22.8 Å². The number of fused-ring (bicyclic) bond motifs is 4. The number of benzene rings is 4. The minimum absolute atomic E-state index is 0.0258. The molecule has 6 aliphatic rings. The molecule has 2 aliphatic carbocycles. The monoisotopic (exact) mass is 1350 g/mol. The van der Waals surface area contributed by atoms with Crippen LogP contribution in [-0.4, -0.2) is 153 Å². The zero-order valence-corrected chi connectivity index (χ0v) is 57.0. The Bertz CT molecular complexity index is 5260. The maximum absolute atomic E-state index is 13.0. The van der Waals surface area contributed by atoms with E-state index in [-0.39, 0.29) is 23.8 Å². The van der Waals surface area contributed by atoms with Crippen LogP contribution in [0.4, 0.5) is 40.3 Å². The number of anilines is 6. The predicted octanol–water partition coefficient (Wildman–Crippen LogP) is 9.45. The van der Waals surface area contributed by atoms with Gasteiger partial charge in [0.1, 0.15) is 34.0 Å². The Morgan fingerprint density at radius 2 is 1.07 bits per heavy atom. The average molecular weight is 1350 g/mol. The summed E-state index contributed by atoms with van der Waals surface area (Å²) in [6.45, 7) is 15.0. The lowest BCUT2D eigenvalue weighted by molar-refractivity contribution is 0.0814. The van der Waals surface area contributed by atoms with E-state index in [0.717, 1.165) is 187 Å².